The number of fused-ring (bicyclic) bond motifs is 1. The summed E-state index contributed by atoms with van der Waals surface area (Å²) in [7, 11) is 1.52. The van der Waals surface area contributed by atoms with E-state index in [9.17, 15) is 14.4 Å². The number of carbonyl (C=O) groups is 2. The van der Waals surface area contributed by atoms with Crippen LogP contribution in [0.25, 0.3) is 10.8 Å². The van der Waals surface area contributed by atoms with Crippen LogP contribution in [0.1, 0.15) is 17.4 Å². The lowest BCUT2D eigenvalue weighted by Crippen LogP contribution is -2.32. The molecule has 2 aromatic rings. The van der Waals surface area contributed by atoms with E-state index in [-0.39, 0.29) is 11.3 Å². The number of hydrogen-bond donors (Lipinski definition) is 1. The van der Waals surface area contributed by atoms with Gasteiger partial charge in [0.15, 0.2) is 12.3 Å². The molecule has 0 spiro atoms. The monoisotopic (exact) mass is 333 g/mol. The number of esters is 1. The standard InChI is InChI=1S/C16H19N3O5/c1-3-19-15(21)12-7-5-4-6-11(12)14(18-19)16(22)24-10-13(20)17-8-9-23-2/h4-7H,3,8-10H2,1-2H3,(H,17,20). The van der Waals surface area contributed by atoms with Crippen LogP contribution in [0.15, 0.2) is 29.1 Å². The Morgan fingerprint density at radius 3 is 2.62 bits per heavy atom. The summed E-state index contributed by atoms with van der Waals surface area (Å²) < 4.78 is 11.0. The van der Waals surface area contributed by atoms with Gasteiger partial charge in [-0.2, -0.15) is 5.10 Å². The van der Waals surface area contributed by atoms with Gasteiger partial charge in [0, 0.05) is 25.6 Å². The van der Waals surface area contributed by atoms with Crippen molar-refractivity contribution >= 4 is 22.6 Å². The number of nitrogens with zero attached hydrogens (tertiary/aromatic N) is 2. The van der Waals surface area contributed by atoms with Gasteiger partial charge in [0.25, 0.3) is 11.5 Å². The van der Waals surface area contributed by atoms with Gasteiger partial charge in [-0.15, -0.1) is 0 Å². The molecule has 24 heavy (non-hydrogen) atoms. The van der Waals surface area contributed by atoms with E-state index in [0.29, 0.717) is 30.5 Å². The van der Waals surface area contributed by atoms with Gasteiger partial charge in [-0.1, -0.05) is 18.2 Å². The number of methoxy groups -OCH3 is 1. The number of amides is 1. The Balaban J connectivity index is 2.19. The van der Waals surface area contributed by atoms with Crippen molar-refractivity contribution in [1.29, 1.82) is 0 Å². The molecule has 0 aliphatic heterocycles. The molecule has 0 aliphatic rings. The molecule has 2 rings (SSSR count). The van der Waals surface area contributed by atoms with Crippen molar-refractivity contribution in [3.05, 3.63) is 40.3 Å². The average molecular weight is 333 g/mol. The number of aromatic nitrogens is 2. The number of nitrogens with one attached hydrogen (secondary N) is 1. The maximum atomic E-state index is 12.3. The summed E-state index contributed by atoms with van der Waals surface area (Å²) in [5, 5.41) is 7.37. The quantitative estimate of drug-likeness (QED) is 0.579. The molecule has 0 atom stereocenters. The normalized spacial score (nSPS) is 10.6. The molecule has 128 valence electrons. The molecule has 0 unspecified atom stereocenters. The molecule has 1 heterocycles. The van der Waals surface area contributed by atoms with Crippen LogP contribution in [0.5, 0.6) is 0 Å². The minimum Gasteiger partial charge on any atom is -0.451 e. The number of benzene rings is 1. The largest absolute Gasteiger partial charge is 0.451 e. The van der Waals surface area contributed by atoms with Gasteiger partial charge in [0.1, 0.15) is 0 Å². The van der Waals surface area contributed by atoms with E-state index in [0.717, 1.165) is 0 Å². The van der Waals surface area contributed by atoms with Gasteiger partial charge in [-0.3, -0.25) is 9.59 Å². The molecule has 1 aromatic carbocycles. The van der Waals surface area contributed by atoms with Crippen LogP contribution in [0.4, 0.5) is 0 Å². The van der Waals surface area contributed by atoms with Gasteiger partial charge >= 0.3 is 5.97 Å². The molecule has 8 nitrogen and oxygen atoms in total. The second-order valence-corrected chi connectivity index (χ2v) is 4.93. The fourth-order valence-corrected chi connectivity index (χ4v) is 2.14. The summed E-state index contributed by atoms with van der Waals surface area (Å²) >= 11 is 0. The highest BCUT2D eigenvalue weighted by molar-refractivity contribution is 6.02. The Hall–Kier alpha value is -2.74. The number of hydrogen-bond acceptors (Lipinski definition) is 6. The van der Waals surface area contributed by atoms with Crippen LogP contribution in [-0.4, -0.2) is 48.5 Å². The van der Waals surface area contributed by atoms with Crippen molar-refractivity contribution in [2.24, 2.45) is 0 Å². The number of rotatable bonds is 7. The molecule has 0 aliphatic carbocycles. The zero-order valence-corrected chi connectivity index (χ0v) is 13.6. The van der Waals surface area contributed by atoms with E-state index in [1.54, 1.807) is 31.2 Å². The highest BCUT2D eigenvalue weighted by Crippen LogP contribution is 2.14. The number of aryl methyl sites for hydroxylation is 1. The lowest BCUT2D eigenvalue weighted by atomic mass is 10.1. The van der Waals surface area contributed by atoms with Crippen LogP contribution >= 0.6 is 0 Å². The zero-order chi connectivity index (χ0) is 17.5. The molecule has 0 bridgehead atoms. The molecular formula is C16H19N3O5. The second kappa shape index (κ2) is 8.21. The first-order valence-corrected chi connectivity index (χ1v) is 7.51. The van der Waals surface area contributed by atoms with Gasteiger partial charge in [0.2, 0.25) is 0 Å². The number of carbonyl (C=O) groups excluding carboxylic acids is 2. The van der Waals surface area contributed by atoms with Gasteiger partial charge in [-0.25, -0.2) is 9.48 Å². The maximum absolute atomic E-state index is 12.3. The first-order chi connectivity index (χ1) is 11.6. The molecule has 0 fully saturated rings. The van der Waals surface area contributed by atoms with Gasteiger partial charge < -0.3 is 14.8 Å². The van der Waals surface area contributed by atoms with Crippen LogP contribution < -0.4 is 10.9 Å². The van der Waals surface area contributed by atoms with Crippen LogP contribution in [0, 0.1) is 0 Å². The topological polar surface area (TPSA) is 99.5 Å². The van der Waals surface area contributed by atoms with E-state index in [4.69, 9.17) is 9.47 Å². The fraction of sp³-hybridized carbons (Fsp3) is 0.375. The number of ether oxygens (including phenoxy) is 2. The Labute approximate surface area is 138 Å². The molecule has 0 saturated heterocycles. The Morgan fingerprint density at radius 1 is 1.25 bits per heavy atom. The van der Waals surface area contributed by atoms with Crippen LogP contribution in [0.3, 0.4) is 0 Å². The first-order valence-electron chi connectivity index (χ1n) is 7.51. The summed E-state index contributed by atoms with van der Waals surface area (Å²) in [6.45, 7) is 2.34. The van der Waals surface area contributed by atoms with Crippen molar-refractivity contribution in [2.75, 3.05) is 26.9 Å². The zero-order valence-electron chi connectivity index (χ0n) is 13.6. The molecule has 0 radical (unpaired) electrons. The van der Waals surface area contributed by atoms with Crippen molar-refractivity contribution in [3.8, 4) is 0 Å². The Bertz CT molecular complexity index is 800. The summed E-state index contributed by atoms with van der Waals surface area (Å²) in [4.78, 5) is 36.1. The van der Waals surface area contributed by atoms with Crippen LogP contribution in [-0.2, 0) is 20.8 Å². The minimum atomic E-state index is -0.754. The van der Waals surface area contributed by atoms with E-state index >= 15 is 0 Å². The second-order valence-electron chi connectivity index (χ2n) is 4.93. The summed E-state index contributed by atoms with van der Waals surface area (Å²) in [5.41, 5.74) is -0.265. The van der Waals surface area contributed by atoms with Gasteiger partial charge in [-0.05, 0) is 13.0 Å². The van der Waals surface area contributed by atoms with Crippen molar-refractivity contribution < 1.29 is 19.1 Å². The van der Waals surface area contributed by atoms with E-state index in [1.807, 2.05) is 0 Å². The Kier molecular flexibility index (Phi) is 6.02. The lowest BCUT2D eigenvalue weighted by molar-refractivity contribution is -0.124. The van der Waals surface area contributed by atoms with Crippen molar-refractivity contribution in [2.45, 2.75) is 13.5 Å². The molecule has 1 aromatic heterocycles. The first kappa shape index (κ1) is 17.6. The van der Waals surface area contributed by atoms with E-state index < -0.39 is 18.5 Å². The van der Waals surface area contributed by atoms with Gasteiger partial charge in [0.05, 0.1) is 12.0 Å². The molecular weight excluding hydrogens is 314 g/mol. The fourth-order valence-electron chi connectivity index (χ4n) is 2.14. The predicted octanol–water partition coefficient (Wildman–Crippen LogP) is 0.336. The minimum absolute atomic E-state index is 0.0109. The molecule has 1 amide bonds. The maximum Gasteiger partial charge on any atom is 0.359 e. The average Bonchev–Trinajstić information content (AvgIpc) is 2.60. The predicted molar refractivity (Wildman–Crippen MR) is 86.8 cm³/mol. The third-order valence-corrected chi connectivity index (χ3v) is 3.32. The van der Waals surface area contributed by atoms with E-state index in [1.165, 1.54) is 11.8 Å². The molecule has 0 saturated carbocycles. The van der Waals surface area contributed by atoms with Crippen LogP contribution in [0.2, 0.25) is 0 Å². The smallest absolute Gasteiger partial charge is 0.359 e. The highest BCUT2D eigenvalue weighted by Gasteiger charge is 2.18. The third-order valence-electron chi connectivity index (χ3n) is 3.32. The highest BCUT2D eigenvalue weighted by atomic mass is 16.5. The SMILES string of the molecule is CCn1nc(C(=O)OCC(=O)NCCOC)c2ccccc2c1=O. The molecule has 1 N–H and O–H groups in total. The molecule has 8 heteroatoms. The third kappa shape index (κ3) is 3.96. The van der Waals surface area contributed by atoms with E-state index in [2.05, 4.69) is 10.4 Å². The summed E-state index contributed by atoms with van der Waals surface area (Å²) in [5.74, 6) is -1.19. The lowest BCUT2D eigenvalue weighted by Gasteiger charge is -2.09. The summed E-state index contributed by atoms with van der Waals surface area (Å²) in [6.07, 6.45) is 0. The Morgan fingerprint density at radius 2 is 1.96 bits per heavy atom. The van der Waals surface area contributed by atoms with Crippen molar-refractivity contribution in [1.82, 2.24) is 15.1 Å². The summed E-state index contributed by atoms with van der Waals surface area (Å²) in [6, 6.07) is 6.66. The van der Waals surface area contributed by atoms with Crippen molar-refractivity contribution in [3.63, 3.8) is 0 Å².